The molecular weight excluding hydrogens is 314 g/mol. The number of hydrogen-bond donors (Lipinski definition) is 0. The summed E-state index contributed by atoms with van der Waals surface area (Å²) in [6.45, 7) is 3.68. The lowest BCUT2D eigenvalue weighted by Crippen LogP contribution is -2.47. The molecule has 1 amide bonds. The molecule has 0 bridgehead atoms. The number of carbonyl (C=O) groups excluding carboxylic acids is 1. The summed E-state index contributed by atoms with van der Waals surface area (Å²) in [5.41, 5.74) is 1.05. The second-order valence-corrected chi connectivity index (χ2v) is 7.51. The molecule has 3 rings (SSSR count). The standard InChI is InChI=1S/C20H31N3O2/c1-25-20(24)23(14-17-7-5-11-21-13-17)16-18-8-6-12-22(15-18)19-9-3-2-4-10-19/h5,7,11,13,18-19H,2-4,6,8-10,12,14-16H2,1H3/t18-/m1/s1. The average Bonchev–Trinajstić information content (AvgIpc) is 2.68. The number of likely N-dealkylation sites (tertiary alicyclic amines) is 1. The van der Waals surface area contributed by atoms with Gasteiger partial charge >= 0.3 is 6.09 Å². The van der Waals surface area contributed by atoms with Crippen molar-refractivity contribution >= 4 is 6.09 Å². The maximum atomic E-state index is 12.2. The summed E-state index contributed by atoms with van der Waals surface area (Å²) < 4.78 is 5.02. The first-order chi connectivity index (χ1) is 12.3. The van der Waals surface area contributed by atoms with E-state index in [9.17, 15) is 4.79 Å². The fourth-order valence-electron chi connectivity index (χ4n) is 4.38. The molecule has 25 heavy (non-hydrogen) atoms. The van der Waals surface area contributed by atoms with Gasteiger partial charge in [0.2, 0.25) is 0 Å². The Morgan fingerprint density at radius 1 is 1.28 bits per heavy atom. The van der Waals surface area contributed by atoms with E-state index in [0.29, 0.717) is 12.5 Å². The van der Waals surface area contributed by atoms with Crippen LogP contribution in [-0.2, 0) is 11.3 Å². The van der Waals surface area contributed by atoms with Gasteiger partial charge in [0.1, 0.15) is 0 Å². The van der Waals surface area contributed by atoms with Gasteiger partial charge in [-0.05, 0) is 49.8 Å². The van der Waals surface area contributed by atoms with Gasteiger partial charge in [0.25, 0.3) is 0 Å². The molecule has 1 aromatic rings. The zero-order valence-corrected chi connectivity index (χ0v) is 15.4. The van der Waals surface area contributed by atoms with E-state index >= 15 is 0 Å². The Kier molecular flexibility index (Phi) is 6.68. The van der Waals surface area contributed by atoms with Crippen LogP contribution in [0.2, 0.25) is 0 Å². The van der Waals surface area contributed by atoms with Crippen LogP contribution in [0.25, 0.3) is 0 Å². The Bertz CT molecular complexity index is 531. The van der Waals surface area contributed by atoms with E-state index in [0.717, 1.165) is 24.7 Å². The van der Waals surface area contributed by atoms with Crippen molar-refractivity contribution in [1.82, 2.24) is 14.8 Å². The smallest absolute Gasteiger partial charge is 0.409 e. The summed E-state index contributed by atoms with van der Waals surface area (Å²) in [6.07, 6.45) is 12.6. The number of hydrogen-bond acceptors (Lipinski definition) is 4. The molecule has 0 spiro atoms. The number of pyridine rings is 1. The van der Waals surface area contributed by atoms with Gasteiger partial charge in [-0.2, -0.15) is 0 Å². The normalized spacial score (nSPS) is 22.5. The SMILES string of the molecule is COC(=O)N(Cc1cccnc1)C[C@@H]1CCCN(C2CCCCC2)C1. The summed E-state index contributed by atoms with van der Waals surface area (Å²) in [5, 5.41) is 0. The zero-order valence-electron chi connectivity index (χ0n) is 15.4. The number of aromatic nitrogens is 1. The number of piperidine rings is 1. The van der Waals surface area contributed by atoms with Crippen LogP contribution in [-0.4, -0.2) is 53.7 Å². The molecule has 2 aliphatic rings. The molecule has 0 unspecified atom stereocenters. The largest absolute Gasteiger partial charge is 0.453 e. The molecular formula is C20H31N3O2. The van der Waals surface area contributed by atoms with E-state index in [-0.39, 0.29) is 6.09 Å². The van der Waals surface area contributed by atoms with Crippen LogP contribution < -0.4 is 0 Å². The highest BCUT2D eigenvalue weighted by molar-refractivity contribution is 5.67. The van der Waals surface area contributed by atoms with Gasteiger partial charge in [0.15, 0.2) is 0 Å². The second-order valence-electron chi connectivity index (χ2n) is 7.51. The highest BCUT2D eigenvalue weighted by Gasteiger charge is 2.29. The molecule has 5 nitrogen and oxygen atoms in total. The topological polar surface area (TPSA) is 45.7 Å². The summed E-state index contributed by atoms with van der Waals surface area (Å²) in [7, 11) is 1.47. The van der Waals surface area contributed by atoms with Crippen molar-refractivity contribution in [2.75, 3.05) is 26.7 Å². The lowest BCUT2D eigenvalue weighted by Gasteiger charge is -2.41. The van der Waals surface area contributed by atoms with E-state index in [1.165, 1.54) is 58.6 Å². The highest BCUT2D eigenvalue weighted by Crippen LogP contribution is 2.27. The van der Waals surface area contributed by atoms with Crippen molar-refractivity contribution in [3.05, 3.63) is 30.1 Å². The zero-order chi connectivity index (χ0) is 17.5. The second kappa shape index (κ2) is 9.18. The molecule has 0 radical (unpaired) electrons. The lowest BCUT2D eigenvalue weighted by atomic mass is 9.90. The molecule has 0 N–H and O–H groups in total. The first-order valence-electron chi connectivity index (χ1n) is 9.72. The van der Waals surface area contributed by atoms with Gasteiger partial charge in [0.05, 0.1) is 13.7 Å². The number of carbonyl (C=O) groups is 1. The van der Waals surface area contributed by atoms with Crippen LogP contribution in [0, 0.1) is 5.92 Å². The molecule has 1 aliphatic carbocycles. The van der Waals surface area contributed by atoms with Gasteiger partial charge in [-0.25, -0.2) is 4.79 Å². The predicted octanol–water partition coefficient (Wildman–Crippen LogP) is 3.69. The molecule has 138 valence electrons. The number of ether oxygens (including phenoxy) is 1. The molecule has 5 heteroatoms. The van der Waals surface area contributed by atoms with Gasteiger partial charge in [-0.3, -0.25) is 4.98 Å². The van der Waals surface area contributed by atoms with E-state index in [1.54, 1.807) is 6.20 Å². The Labute approximate surface area is 151 Å². The van der Waals surface area contributed by atoms with E-state index in [4.69, 9.17) is 4.74 Å². The maximum absolute atomic E-state index is 12.2. The quantitative estimate of drug-likeness (QED) is 0.816. The lowest BCUT2D eigenvalue weighted by molar-refractivity contribution is 0.0707. The minimum Gasteiger partial charge on any atom is -0.453 e. The Hall–Kier alpha value is -1.62. The number of nitrogens with zero attached hydrogens (tertiary/aromatic N) is 3. The highest BCUT2D eigenvalue weighted by atomic mass is 16.5. The van der Waals surface area contributed by atoms with E-state index in [2.05, 4.69) is 9.88 Å². The van der Waals surface area contributed by atoms with Crippen molar-refractivity contribution in [3.8, 4) is 0 Å². The molecule has 1 aromatic heterocycles. The molecule has 0 aromatic carbocycles. The van der Waals surface area contributed by atoms with Gasteiger partial charge < -0.3 is 14.5 Å². The van der Waals surface area contributed by atoms with Gasteiger partial charge in [0, 0.05) is 31.5 Å². The van der Waals surface area contributed by atoms with Crippen LogP contribution in [0.3, 0.4) is 0 Å². The van der Waals surface area contributed by atoms with Crippen LogP contribution in [0.15, 0.2) is 24.5 Å². The molecule has 1 saturated carbocycles. The molecule has 1 saturated heterocycles. The van der Waals surface area contributed by atoms with Crippen molar-refractivity contribution in [2.24, 2.45) is 5.92 Å². The van der Waals surface area contributed by atoms with Gasteiger partial charge in [-0.1, -0.05) is 25.3 Å². The third kappa shape index (κ3) is 5.18. The average molecular weight is 345 g/mol. The maximum Gasteiger partial charge on any atom is 0.409 e. The number of methoxy groups -OCH3 is 1. The summed E-state index contributed by atoms with van der Waals surface area (Å²) in [5.74, 6) is 0.534. The van der Waals surface area contributed by atoms with Crippen molar-refractivity contribution in [3.63, 3.8) is 0 Å². The predicted molar refractivity (Wildman–Crippen MR) is 98.2 cm³/mol. The molecule has 2 fully saturated rings. The number of amides is 1. The number of rotatable bonds is 5. The first-order valence-corrected chi connectivity index (χ1v) is 9.72. The van der Waals surface area contributed by atoms with Crippen LogP contribution in [0.5, 0.6) is 0 Å². The molecule has 1 aliphatic heterocycles. The Balaban J connectivity index is 1.59. The monoisotopic (exact) mass is 345 g/mol. The van der Waals surface area contributed by atoms with E-state index < -0.39 is 0 Å². The fraction of sp³-hybridized carbons (Fsp3) is 0.700. The van der Waals surface area contributed by atoms with Crippen molar-refractivity contribution in [2.45, 2.75) is 57.5 Å². The molecule has 1 atom stereocenters. The Morgan fingerprint density at radius 3 is 2.84 bits per heavy atom. The third-order valence-electron chi connectivity index (χ3n) is 5.65. The van der Waals surface area contributed by atoms with Crippen LogP contribution in [0.1, 0.15) is 50.5 Å². The first kappa shape index (κ1) is 18.2. The Morgan fingerprint density at radius 2 is 2.12 bits per heavy atom. The van der Waals surface area contributed by atoms with Crippen molar-refractivity contribution < 1.29 is 9.53 Å². The summed E-state index contributed by atoms with van der Waals surface area (Å²) in [6, 6.07) is 4.69. The van der Waals surface area contributed by atoms with Crippen LogP contribution >= 0.6 is 0 Å². The van der Waals surface area contributed by atoms with Gasteiger partial charge in [-0.15, -0.1) is 0 Å². The van der Waals surface area contributed by atoms with E-state index in [1.807, 2.05) is 23.2 Å². The van der Waals surface area contributed by atoms with Crippen molar-refractivity contribution in [1.29, 1.82) is 0 Å². The minimum absolute atomic E-state index is 0.237. The molecule has 2 heterocycles. The summed E-state index contributed by atoms with van der Waals surface area (Å²) in [4.78, 5) is 20.9. The third-order valence-corrected chi connectivity index (χ3v) is 5.65. The fourth-order valence-corrected chi connectivity index (χ4v) is 4.38. The summed E-state index contributed by atoms with van der Waals surface area (Å²) >= 11 is 0. The minimum atomic E-state index is -0.237. The van der Waals surface area contributed by atoms with Crippen LogP contribution in [0.4, 0.5) is 4.79 Å².